The van der Waals surface area contributed by atoms with Crippen molar-refractivity contribution in [3.8, 4) is 0 Å². The first-order valence-electron chi connectivity index (χ1n) is 7.58. The van der Waals surface area contributed by atoms with Gasteiger partial charge in [-0.1, -0.05) is 6.92 Å². The zero-order chi connectivity index (χ0) is 14.5. The molecule has 0 saturated heterocycles. The van der Waals surface area contributed by atoms with E-state index < -0.39 is 0 Å². The molecule has 2 rings (SSSR count). The van der Waals surface area contributed by atoms with Crippen molar-refractivity contribution in [2.75, 3.05) is 23.4 Å². The molecule has 4 nitrogen and oxygen atoms in total. The zero-order valence-electron chi connectivity index (χ0n) is 13.0. The fraction of sp³-hybridized carbons (Fsp3) is 0.733. The number of nitrogens with one attached hydrogen (secondary N) is 2. The van der Waals surface area contributed by atoms with Crippen molar-refractivity contribution in [2.45, 2.75) is 57.7 Å². The molecular weight excluding hydrogens is 268 g/mol. The third-order valence-electron chi connectivity index (χ3n) is 3.91. The average molecular weight is 294 g/mol. The molecule has 0 aromatic carbocycles. The van der Waals surface area contributed by atoms with Crippen molar-refractivity contribution in [2.24, 2.45) is 0 Å². The first kappa shape index (κ1) is 15.4. The maximum absolute atomic E-state index is 4.68. The smallest absolute Gasteiger partial charge is 0.134 e. The van der Waals surface area contributed by atoms with E-state index in [4.69, 9.17) is 0 Å². The van der Waals surface area contributed by atoms with Crippen molar-refractivity contribution < 1.29 is 0 Å². The van der Waals surface area contributed by atoms with Crippen molar-refractivity contribution in [1.29, 1.82) is 0 Å². The molecule has 1 aromatic rings. The second-order valence-corrected chi connectivity index (χ2v) is 6.50. The summed E-state index contributed by atoms with van der Waals surface area (Å²) in [6.45, 7) is 7.18. The van der Waals surface area contributed by atoms with E-state index >= 15 is 0 Å². The van der Waals surface area contributed by atoms with Crippen LogP contribution in [0, 0.1) is 6.92 Å². The lowest BCUT2D eigenvalue weighted by Crippen LogP contribution is -2.19. The van der Waals surface area contributed by atoms with Crippen LogP contribution in [0.15, 0.2) is 0 Å². The summed E-state index contributed by atoms with van der Waals surface area (Å²) in [7, 11) is 0. The van der Waals surface area contributed by atoms with Crippen LogP contribution in [0.4, 0.5) is 11.6 Å². The Kier molecular flexibility index (Phi) is 5.52. The van der Waals surface area contributed by atoms with Gasteiger partial charge in [0.2, 0.25) is 0 Å². The number of anilines is 2. The van der Waals surface area contributed by atoms with E-state index in [2.05, 4.69) is 47.6 Å². The van der Waals surface area contributed by atoms with Gasteiger partial charge in [0.15, 0.2) is 0 Å². The molecule has 2 unspecified atom stereocenters. The lowest BCUT2D eigenvalue weighted by atomic mass is 10.2. The third kappa shape index (κ3) is 3.57. The highest BCUT2D eigenvalue weighted by molar-refractivity contribution is 7.99. The maximum atomic E-state index is 4.68. The number of aromatic nitrogens is 2. The van der Waals surface area contributed by atoms with Crippen LogP contribution >= 0.6 is 11.8 Å². The van der Waals surface area contributed by atoms with Gasteiger partial charge in [-0.05, 0) is 39.4 Å². The molecule has 1 fully saturated rings. The molecule has 2 N–H and O–H groups in total. The molecule has 1 heterocycles. The molecule has 20 heavy (non-hydrogen) atoms. The summed E-state index contributed by atoms with van der Waals surface area (Å²) in [5, 5.41) is 7.78. The molecule has 112 valence electrons. The second-order valence-electron chi connectivity index (χ2n) is 5.36. The van der Waals surface area contributed by atoms with Gasteiger partial charge in [0.25, 0.3) is 0 Å². The van der Waals surface area contributed by atoms with Gasteiger partial charge in [0.1, 0.15) is 17.5 Å². The maximum Gasteiger partial charge on any atom is 0.134 e. The highest BCUT2D eigenvalue weighted by atomic mass is 32.2. The van der Waals surface area contributed by atoms with Gasteiger partial charge in [0.05, 0.1) is 0 Å². The van der Waals surface area contributed by atoms with E-state index in [1.54, 1.807) is 0 Å². The first-order valence-corrected chi connectivity index (χ1v) is 8.87. The van der Waals surface area contributed by atoms with Gasteiger partial charge in [-0.15, -0.1) is 0 Å². The van der Waals surface area contributed by atoms with Crippen LogP contribution in [0.1, 0.15) is 44.5 Å². The highest BCUT2D eigenvalue weighted by Crippen LogP contribution is 2.31. The van der Waals surface area contributed by atoms with Gasteiger partial charge in [-0.25, -0.2) is 9.97 Å². The summed E-state index contributed by atoms with van der Waals surface area (Å²) >= 11 is 1.98. The van der Waals surface area contributed by atoms with E-state index in [9.17, 15) is 0 Å². The lowest BCUT2D eigenvalue weighted by Gasteiger charge is -2.18. The van der Waals surface area contributed by atoms with Crippen LogP contribution < -0.4 is 10.6 Å². The molecule has 5 heteroatoms. The van der Waals surface area contributed by atoms with Crippen molar-refractivity contribution in [1.82, 2.24) is 9.97 Å². The predicted octanol–water partition coefficient (Wildman–Crippen LogP) is 3.48. The minimum atomic E-state index is 0.556. The molecule has 2 atom stereocenters. The van der Waals surface area contributed by atoms with Gasteiger partial charge in [-0.3, -0.25) is 0 Å². The normalized spacial score (nSPS) is 22.0. The molecule has 0 spiro atoms. The lowest BCUT2D eigenvalue weighted by molar-refractivity contribution is 0.746. The number of rotatable bonds is 6. The Morgan fingerprint density at radius 3 is 2.55 bits per heavy atom. The van der Waals surface area contributed by atoms with Crippen LogP contribution in [0.25, 0.3) is 0 Å². The van der Waals surface area contributed by atoms with E-state index in [1.807, 2.05) is 11.8 Å². The van der Waals surface area contributed by atoms with Crippen LogP contribution in [-0.4, -0.2) is 34.1 Å². The minimum Gasteiger partial charge on any atom is -0.370 e. The Morgan fingerprint density at radius 2 is 1.95 bits per heavy atom. The van der Waals surface area contributed by atoms with Crippen LogP contribution in [-0.2, 0) is 6.42 Å². The van der Waals surface area contributed by atoms with Gasteiger partial charge >= 0.3 is 0 Å². The largest absolute Gasteiger partial charge is 0.370 e. The van der Waals surface area contributed by atoms with E-state index in [-0.39, 0.29) is 0 Å². The monoisotopic (exact) mass is 294 g/mol. The van der Waals surface area contributed by atoms with Gasteiger partial charge in [0, 0.05) is 29.8 Å². The Morgan fingerprint density at radius 1 is 1.20 bits per heavy atom. The standard InChI is InChI=1S/C15H26N4S/c1-5-13-18-14(16-6-2)10(3)15(19-13)17-11-7-8-12(9-11)20-4/h11-12H,5-9H2,1-4H3,(H2,16,17,18,19). The molecule has 0 bridgehead atoms. The fourth-order valence-electron chi connectivity index (χ4n) is 2.68. The second kappa shape index (κ2) is 7.16. The van der Waals surface area contributed by atoms with Gasteiger partial charge in [-0.2, -0.15) is 11.8 Å². The third-order valence-corrected chi connectivity index (χ3v) is 5.01. The highest BCUT2D eigenvalue weighted by Gasteiger charge is 2.25. The van der Waals surface area contributed by atoms with E-state index in [1.165, 1.54) is 19.3 Å². The van der Waals surface area contributed by atoms with E-state index in [0.29, 0.717) is 6.04 Å². The Bertz CT molecular complexity index is 450. The number of nitrogens with zero attached hydrogens (tertiary/aromatic N) is 2. The van der Waals surface area contributed by atoms with Crippen LogP contribution in [0.5, 0.6) is 0 Å². The molecule has 0 radical (unpaired) electrons. The van der Waals surface area contributed by atoms with Crippen molar-refractivity contribution in [3.63, 3.8) is 0 Å². The van der Waals surface area contributed by atoms with Crippen molar-refractivity contribution >= 4 is 23.4 Å². The predicted molar refractivity (Wildman–Crippen MR) is 88.9 cm³/mol. The summed E-state index contributed by atoms with van der Waals surface area (Å²) in [5.74, 6) is 2.90. The molecule has 1 saturated carbocycles. The average Bonchev–Trinajstić information content (AvgIpc) is 2.91. The number of thioether (sulfide) groups is 1. The molecular formula is C15H26N4S. The fourth-order valence-corrected chi connectivity index (χ4v) is 3.48. The molecule has 0 aliphatic heterocycles. The van der Waals surface area contributed by atoms with E-state index in [0.717, 1.165) is 41.2 Å². The first-order chi connectivity index (χ1) is 9.67. The molecule has 1 aromatic heterocycles. The number of hydrogen-bond donors (Lipinski definition) is 2. The summed E-state index contributed by atoms with van der Waals surface area (Å²) in [6.07, 6.45) is 6.87. The SMILES string of the molecule is CCNc1nc(CC)nc(NC2CCC(SC)C2)c1C. The quantitative estimate of drug-likeness (QED) is 0.841. The molecule has 1 aliphatic carbocycles. The topological polar surface area (TPSA) is 49.8 Å². The molecule has 1 aliphatic rings. The Hall–Kier alpha value is -0.970. The molecule has 0 amide bonds. The number of hydrogen-bond acceptors (Lipinski definition) is 5. The Labute approximate surface area is 126 Å². The summed E-state index contributed by atoms with van der Waals surface area (Å²) in [6, 6.07) is 0.556. The number of aryl methyl sites for hydroxylation is 1. The summed E-state index contributed by atoms with van der Waals surface area (Å²) in [5.41, 5.74) is 1.14. The zero-order valence-corrected chi connectivity index (χ0v) is 13.8. The Balaban J connectivity index is 2.15. The van der Waals surface area contributed by atoms with Crippen LogP contribution in [0.2, 0.25) is 0 Å². The van der Waals surface area contributed by atoms with Crippen molar-refractivity contribution in [3.05, 3.63) is 11.4 Å². The minimum absolute atomic E-state index is 0.556. The van der Waals surface area contributed by atoms with Crippen LogP contribution in [0.3, 0.4) is 0 Å². The summed E-state index contributed by atoms with van der Waals surface area (Å²) in [4.78, 5) is 9.26. The summed E-state index contributed by atoms with van der Waals surface area (Å²) < 4.78 is 0. The van der Waals surface area contributed by atoms with Gasteiger partial charge < -0.3 is 10.6 Å².